The number of aliphatic hydroxyl groups excluding tert-OH is 1. The van der Waals surface area contributed by atoms with Crippen LogP contribution in [0, 0.1) is 5.82 Å². The third kappa shape index (κ3) is 3.92. The fraction of sp³-hybridized carbons (Fsp3) is 0.167. The number of fused-ring (bicyclic) bond motifs is 1. The summed E-state index contributed by atoms with van der Waals surface area (Å²) in [6, 6.07) is 14.5. The Morgan fingerprint density at radius 2 is 1.82 bits per heavy atom. The summed E-state index contributed by atoms with van der Waals surface area (Å²) in [5.41, 5.74) is 2.18. The van der Waals surface area contributed by atoms with Crippen LogP contribution in [0.1, 0.15) is 51.6 Å². The summed E-state index contributed by atoms with van der Waals surface area (Å²) in [6.45, 7) is 0.173. The molecule has 0 saturated carbocycles. The molecule has 0 radical (unpaired) electrons. The maximum absolute atomic E-state index is 13.6. The monoisotopic (exact) mass is 466 g/mol. The van der Waals surface area contributed by atoms with Crippen molar-refractivity contribution in [1.29, 1.82) is 0 Å². The van der Waals surface area contributed by atoms with E-state index in [-0.39, 0.29) is 12.4 Å². The van der Waals surface area contributed by atoms with Crippen LogP contribution < -0.4 is 0 Å². The van der Waals surface area contributed by atoms with E-state index >= 15 is 0 Å². The molecule has 0 aliphatic carbocycles. The SMILES string of the molecule is O=C1c2cc(-c3nnc(C(F)F)o3)ccc2CN1[C@H](c1ccc(F)cc1)[C@@H](O)c1ccccn1. The van der Waals surface area contributed by atoms with Crippen LogP contribution in [-0.4, -0.2) is 31.1 Å². The first-order chi connectivity index (χ1) is 16.4. The molecule has 1 aliphatic heterocycles. The number of benzene rings is 2. The predicted octanol–water partition coefficient (Wildman–Crippen LogP) is 4.64. The Labute approximate surface area is 191 Å². The van der Waals surface area contributed by atoms with Gasteiger partial charge in [0.15, 0.2) is 0 Å². The Balaban J connectivity index is 1.51. The standard InChI is InChI=1S/C24H17F3N4O3/c25-16-8-6-13(7-9-16)19(20(32)18-3-1-2-10-28-18)31-12-15-5-4-14(11-17(15)24(31)33)22-29-30-23(34-22)21(26)27/h1-11,19-21,32H,12H2/t19-,20+/m1/s1. The van der Waals surface area contributed by atoms with E-state index in [1.807, 2.05) is 0 Å². The first-order valence-electron chi connectivity index (χ1n) is 10.3. The average molecular weight is 466 g/mol. The second-order valence-electron chi connectivity index (χ2n) is 7.75. The highest BCUT2D eigenvalue weighted by Gasteiger charge is 2.38. The zero-order valence-corrected chi connectivity index (χ0v) is 17.5. The first kappa shape index (κ1) is 21.8. The van der Waals surface area contributed by atoms with E-state index in [0.717, 1.165) is 0 Å². The quantitative estimate of drug-likeness (QED) is 0.445. The van der Waals surface area contributed by atoms with Crippen LogP contribution in [0.25, 0.3) is 11.5 Å². The van der Waals surface area contributed by atoms with Gasteiger partial charge in [-0.25, -0.2) is 4.39 Å². The van der Waals surface area contributed by atoms with Crippen molar-refractivity contribution in [3.05, 3.63) is 101 Å². The normalized spacial score (nSPS) is 15.0. The number of halogens is 3. The minimum Gasteiger partial charge on any atom is -0.415 e. The zero-order valence-electron chi connectivity index (χ0n) is 17.5. The molecule has 172 valence electrons. The van der Waals surface area contributed by atoms with Gasteiger partial charge in [0, 0.05) is 23.9 Å². The molecule has 0 fully saturated rings. The molecule has 10 heteroatoms. The van der Waals surface area contributed by atoms with Crippen LogP contribution in [-0.2, 0) is 6.54 Å². The summed E-state index contributed by atoms with van der Waals surface area (Å²) in [5.74, 6) is -1.78. The fourth-order valence-corrected chi connectivity index (χ4v) is 4.03. The summed E-state index contributed by atoms with van der Waals surface area (Å²) < 4.78 is 44.2. The number of nitrogens with zero attached hydrogens (tertiary/aromatic N) is 4. The number of alkyl halides is 2. The lowest BCUT2D eigenvalue weighted by atomic mass is 9.97. The predicted molar refractivity (Wildman–Crippen MR) is 113 cm³/mol. The van der Waals surface area contributed by atoms with Crippen molar-refractivity contribution < 1.29 is 27.5 Å². The number of hydrogen-bond acceptors (Lipinski definition) is 6. The third-order valence-corrected chi connectivity index (χ3v) is 5.65. The third-order valence-electron chi connectivity index (χ3n) is 5.65. The van der Waals surface area contributed by atoms with E-state index in [9.17, 15) is 23.1 Å². The molecule has 0 spiro atoms. The van der Waals surface area contributed by atoms with E-state index in [1.165, 1.54) is 41.4 Å². The fourth-order valence-electron chi connectivity index (χ4n) is 4.03. The maximum Gasteiger partial charge on any atom is 0.314 e. The Bertz CT molecular complexity index is 1330. The Morgan fingerprint density at radius 1 is 1.03 bits per heavy atom. The summed E-state index contributed by atoms with van der Waals surface area (Å²) in [4.78, 5) is 19.1. The van der Waals surface area contributed by atoms with Crippen molar-refractivity contribution in [2.45, 2.75) is 25.1 Å². The van der Waals surface area contributed by atoms with Crippen LogP contribution in [0.3, 0.4) is 0 Å². The van der Waals surface area contributed by atoms with Gasteiger partial charge in [0.1, 0.15) is 11.9 Å². The van der Waals surface area contributed by atoms with E-state index in [2.05, 4.69) is 15.2 Å². The second-order valence-corrected chi connectivity index (χ2v) is 7.75. The number of aliphatic hydroxyl groups is 1. The summed E-state index contributed by atoms with van der Waals surface area (Å²) >= 11 is 0. The van der Waals surface area contributed by atoms with Crippen molar-refractivity contribution in [3.8, 4) is 11.5 Å². The molecule has 2 atom stereocenters. The Hall–Kier alpha value is -4.05. The molecule has 0 unspecified atom stereocenters. The van der Waals surface area contributed by atoms with Crippen molar-refractivity contribution in [3.63, 3.8) is 0 Å². The lowest BCUT2D eigenvalue weighted by molar-refractivity contribution is 0.0345. The van der Waals surface area contributed by atoms with Gasteiger partial charge in [-0.15, -0.1) is 10.2 Å². The molecule has 3 heterocycles. The van der Waals surface area contributed by atoms with E-state index < -0.39 is 36.2 Å². The molecular weight excluding hydrogens is 449 g/mol. The van der Waals surface area contributed by atoms with Crippen LogP contribution in [0.5, 0.6) is 0 Å². The van der Waals surface area contributed by atoms with Crippen molar-refractivity contribution in [1.82, 2.24) is 20.1 Å². The van der Waals surface area contributed by atoms with E-state index in [4.69, 9.17) is 4.42 Å². The minimum absolute atomic E-state index is 0.132. The van der Waals surface area contributed by atoms with E-state index in [0.29, 0.717) is 27.9 Å². The van der Waals surface area contributed by atoms with Gasteiger partial charge in [0.05, 0.1) is 11.7 Å². The zero-order chi connectivity index (χ0) is 23.8. The van der Waals surface area contributed by atoms with Gasteiger partial charge in [-0.3, -0.25) is 9.78 Å². The molecule has 0 saturated heterocycles. The van der Waals surface area contributed by atoms with Crippen molar-refractivity contribution in [2.24, 2.45) is 0 Å². The molecule has 0 bridgehead atoms. The number of carbonyl (C=O) groups is 1. The number of aromatic nitrogens is 3. The van der Waals surface area contributed by atoms with Crippen molar-refractivity contribution in [2.75, 3.05) is 0 Å². The number of carbonyl (C=O) groups excluding carboxylic acids is 1. The average Bonchev–Trinajstić information content (AvgIpc) is 3.47. The Morgan fingerprint density at radius 3 is 2.50 bits per heavy atom. The van der Waals surface area contributed by atoms with Crippen LogP contribution in [0.4, 0.5) is 13.2 Å². The molecule has 4 aromatic rings. The largest absolute Gasteiger partial charge is 0.415 e. The van der Waals surface area contributed by atoms with Gasteiger partial charge in [-0.1, -0.05) is 24.3 Å². The van der Waals surface area contributed by atoms with Gasteiger partial charge >= 0.3 is 6.43 Å². The molecule has 7 nitrogen and oxygen atoms in total. The lowest BCUT2D eigenvalue weighted by Crippen LogP contribution is -2.33. The summed E-state index contributed by atoms with van der Waals surface area (Å²) in [7, 11) is 0. The Kier molecular flexibility index (Phi) is 5.58. The van der Waals surface area contributed by atoms with Gasteiger partial charge in [-0.05, 0) is 47.5 Å². The first-order valence-corrected chi connectivity index (χ1v) is 10.3. The van der Waals surface area contributed by atoms with Crippen LogP contribution >= 0.6 is 0 Å². The summed E-state index contributed by atoms with van der Waals surface area (Å²) in [6.07, 6.45) is -2.56. The summed E-state index contributed by atoms with van der Waals surface area (Å²) in [5, 5.41) is 18.1. The van der Waals surface area contributed by atoms with Crippen molar-refractivity contribution >= 4 is 5.91 Å². The maximum atomic E-state index is 13.6. The highest BCUT2D eigenvalue weighted by atomic mass is 19.3. The molecule has 1 amide bonds. The minimum atomic E-state index is -2.91. The molecule has 5 rings (SSSR count). The van der Waals surface area contributed by atoms with Gasteiger partial charge in [0.2, 0.25) is 5.89 Å². The second kappa shape index (κ2) is 8.71. The lowest BCUT2D eigenvalue weighted by Gasteiger charge is -2.32. The van der Waals surface area contributed by atoms with Gasteiger partial charge in [-0.2, -0.15) is 8.78 Å². The number of hydrogen-bond donors (Lipinski definition) is 1. The highest BCUT2D eigenvalue weighted by Crippen LogP contribution is 2.39. The number of pyridine rings is 1. The molecule has 1 N–H and O–H groups in total. The molecular formula is C24H17F3N4O3. The molecule has 34 heavy (non-hydrogen) atoms. The van der Waals surface area contributed by atoms with Gasteiger partial charge < -0.3 is 14.4 Å². The topological polar surface area (TPSA) is 92.4 Å². The van der Waals surface area contributed by atoms with Gasteiger partial charge in [0.25, 0.3) is 11.8 Å². The molecule has 2 aromatic carbocycles. The number of amides is 1. The van der Waals surface area contributed by atoms with E-state index in [1.54, 1.807) is 30.3 Å². The molecule has 1 aliphatic rings. The highest BCUT2D eigenvalue weighted by molar-refractivity contribution is 5.99. The molecule has 2 aromatic heterocycles. The number of rotatable bonds is 6. The smallest absolute Gasteiger partial charge is 0.314 e. The van der Waals surface area contributed by atoms with Crippen LogP contribution in [0.15, 0.2) is 71.3 Å². The van der Waals surface area contributed by atoms with Crippen LogP contribution in [0.2, 0.25) is 0 Å².